The highest BCUT2D eigenvalue weighted by molar-refractivity contribution is 6.10. The highest BCUT2D eigenvalue weighted by atomic mass is 16.1. The first-order chi connectivity index (χ1) is 9.20. The van der Waals surface area contributed by atoms with Crippen molar-refractivity contribution >= 4 is 16.7 Å². The first-order valence-corrected chi connectivity index (χ1v) is 5.84. The number of fused-ring (bicyclic) bond motifs is 1. The van der Waals surface area contributed by atoms with Crippen LogP contribution in [0.1, 0.15) is 17.4 Å². The average molecular weight is 236 g/mol. The second-order valence-electron chi connectivity index (χ2n) is 4.24. The van der Waals surface area contributed by atoms with Crippen LogP contribution in [0.5, 0.6) is 0 Å². The van der Waals surface area contributed by atoms with Crippen LogP contribution in [-0.2, 0) is 7.05 Å². The van der Waals surface area contributed by atoms with Crippen LogP contribution in [0, 0.1) is 0 Å². The van der Waals surface area contributed by atoms with E-state index < -0.39 is 0 Å². The van der Waals surface area contributed by atoms with E-state index in [9.17, 15) is 4.79 Å². The number of ketones is 1. The summed E-state index contributed by atoms with van der Waals surface area (Å²) in [4.78, 5) is 12.5. The van der Waals surface area contributed by atoms with E-state index in [0.29, 0.717) is 17.3 Å². The van der Waals surface area contributed by atoms with Crippen molar-refractivity contribution in [1.82, 2.24) is 4.57 Å². The second kappa shape index (κ2) is 4.15. The maximum absolute atomic E-state index is 12.5. The van der Waals surface area contributed by atoms with E-state index in [2.05, 4.69) is 0 Å². The van der Waals surface area contributed by atoms with Gasteiger partial charge in [-0.3, -0.25) is 4.79 Å². The molecule has 18 heavy (non-hydrogen) atoms. The SMILES string of the molecule is [2H]c1c(C(=O)c2ccccc2)n(C)c2ccccc12. The summed E-state index contributed by atoms with van der Waals surface area (Å²) in [6.45, 7) is 0. The Bertz CT molecular complexity index is 720. The fourth-order valence-corrected chi connectivity index (χ4v) is 2.14. The van der Waals surface area contributed by atoms with Gasteiger partial charge in [0.05, 0.1) is 7.06 Å². The molecule has 0 N–H and O–H groups in total. The van der Waals surface area contributed by atoms with Crippen molar-refractivity contribution in [2.75, 3.05) is 0 Å². The summed E-state index contributed by atoms with van der Waals surface area (Å²) >= 11 is 0. The first kappa shape index (κ1) is 9.66. The van der Waals surface area contributed by atoms with Gasteiger partial charge in [-0.05, 0) is 12.1 Å². The van der Waals surface area contributed by atoms with Gasteiger partial charge < -0.3 is 4.57 Å². The van der Waals surface area contributed by atoms with Crippen molar-refractivity contribution < 1.29 is 6.17 Å². The Morgan fingerprint density at radius 3 is 2.44 bits per heavy atom. The Kier molecular flexibility index (Phi) is 2.23. The molecule has 0 fully saturated rings. The zero-order valence-electron chi connectivity index (χ0n) is 11.1. The number of aryl methyl sites for hydroxylation is 1. The number of benzene rings is 2. The summed E-state index contributed by atoms with van der Waals surface area (Å²) in [5, 5.41) is 0.810. The Hall–Kier alpha value is -2.35. The molecule has 0 atom stereocenters. The fourth-order valence-electron chi connectivity index (χ4n) is 2.14. The summed E-state index contributed by atoms with van der Waals surface area (Å²) in [5.74, 6) is -0.107. The molecule has 0 saturated carbocycles. The first-order valence-electron chi connectivity index (χ1n) is 6.34. The molecule has 0 spiro atoms. The molecule has 1 aromatic heterocycles. The monoisotopic (exact) mass is 236 g/mol. The summed E-state index contributed by atoms with van der Waals surface area (Å²) in [6.07, 6.45) is 0. The Labute approximate surface area is 107 Å². The number of hydrogen-bond donors (Lipinski definition) is 0. The predicted molar refractivity (Wildman–Crippen MR) is 72.8 cm³/mol. The third kappa shape index (κ3) is 1.63. The van der Waals surface area contributed by atoms with Gasteiger partial charge in [0, 0.05) is 23.5 Å². The van der Waals surface area contributed by atoms with E-state index in [1.165, 1.54) is 0 Å². The molecule has 2 nitrogen and oxygen atoms in total. The van der Waals surface area contributed by atoms with Gasteiger partial charge in [-0.1, -0.05) is 48.5 Å². The van der Waals surface area contributed by atoms with Gasteiger partial charge in [0.25, 0.3) is 0 Å². The number of carbonyl (C=O) groups is 1. The Balaban J connectivity index is 2.24. The molecule has 0 bridgehead atoms. The van der Waals surface area contributed by atoms with Gasteiger partial charge in [-0.25, -0.2) is 0 Å². The van der Waals surface area contributed by atoms with E-state index in [1.807, 2.05) is 49.5 Å². The lowest BCUT2D eigenvalue weighted by Crippen LogP contribution is -2.06. The largest absolute Gasteiger partial charge is 0.341 e. The molecule has 3 rings (SSSR count). The molecular formula is C16H13NO. The number of nitrogens with zero attached hydrogens (tertiary/aromatic N) is 1. The van der Waals surface area contributed by atoms with Gasteiger partial charge in [0.15, 0.2) is 0 Å². The maximum atomic E-state index is 12.5. The topological polar surface area (TPSA) is 22.0 Å². The normalized spacial score (nSPS) is 11.5. The zero-order chi connectivity index (χ0) is 13.4. The van der Waals surface area contributed by atoms with E-state index in [1.54, 1.807) is 16.7 Å². The van der Waals surface area contributed by atoms with Gasteiger partial charge in [0.1, 0.15) is 0 Å². The molecule has 2 heteroatoms. The average Bonchev–Trinajstić information content (AvgIpc) is 2.72. The lowest BCUT2D eigenvalue weighted by molar-refractivity contribution is 0.103. The highest BCUT2D eigenvalue weighted by Gasteiger charge is 2.14. The molecular weight excluding hydrogens is 222 g/mol. The van der Waals surface area contributed by atoms with Crippen LogP contribution >= 0.6 is 0 Å². The van der Waals surface area contributed by atoms with Gasteiger partial charge in [0.2, 0.25) is 5.78 Å². The van der Waals surface area contributed by atoms with Crippen LogP contribution < -0.4 is 0 Å². The lowest BCUT2D eigenvalue weighted by Gasteiger charge is -2.03. The Morgan fingerprint density at radius 1 is 1.06 bits per heavy atom. The van der Waals surface area contributed by atoms with Crippen molar-refractivity contribution in [3.8, 4) is 0 Å². The molecule has 0 aliphatic rings. The maximum Gasteiger partial charge on any atom is 0.209 e. The molecule has 3 aromatic rings. The summed E-state index contributed by atoms with van der Waals surface area (Å²) in [6, 6.07) is 17.0. The van der Waals surface area contributed by atoms with Crippen LogP contribution in [0.3, 0.4) is 0 Å². The smallest absolute Gasteiger partial charge is 0.209 e. The minimum absolute atomic E-state index is 0.107. The molecule has 0 aliphatic carbocycles. The third-order valence-corrected chi connectivity index (χ3v) is 3.10. The number of para-hydroxylation sites is 1. The summed E-state index contributed by atoms with van der Waals surface area (Å²) < 4.78 is 10.00. The lowest BCUT2D eigenvalue weighted by atomic mass is 10.1. The van der Waals surface area contributed by atoms with Crippen LogP contribution in [0.15, 0.2) is 60.6 Å². The van der Waals surface area contributed by atoms with E-state index >= 15 is 0 Å². The summed E-state index contributed by atoms with van der Waals surface area (Å²) in [7, 11) is 1.83. The molecule has 0 radical (unpaired) electrons. The molecule has 0 aliphatic heterocycles. The summed E-state index contributed by atoms with van der Waals surface area (Å²) in [5.41, 5.74) is 1.96. The number of rotatable bonds is 2. The Morgan fingerprint density at radius 2 is 1.72 bits per heavy atom. The minimum atomic E-state index is -0.107. The minimum Gasteiger partial charge on any atom is -0.341 e. The van der Waals surface area contributed by atoms with Gasteiger partial charge >= 0.3 is 0 Å². The van der Waals surface area contributed by atoms with Gasteiger partial charge in [-0.15, -0.1) is 0 Å². The van der Waals surface area contributed by atoms with Crippen molar-refractivity contribution in [3.63, 3.8) is 0 Å². The molecule has 88 valence electrons. The van der Waals surface area contributed by atoms with Crippen molar-refractivity contribution in [2.24, 2.45) is 7.05 Å². The predicted octanol–water partition coefficient (Wildman–Crippen LogP) is 3.41. The van der Waals surface area contributed by atoms with Crippen molar-refractivity contribution in [3.05, 3.63) is 71.9 Å². The molecule has 0 unspecified atom stereocenters. The standard InChI is InChI=1S/C16H13NO/c1-17-14-10-6-5-9-13(14)11-15(17)16(18)12-7-3-2-4-8-12/h2-11H,1H3/i11D. The van der Waals surface area contributed by atoms with E-state index in [-0.39, 0.29) is 5.78 Å². The molecule has 0 amide bonds. The number of aromatic nitrogens is 1. The highest BCUT2D eigenvalue weighted by Crippen LogP contribution is 2.20. The number of hydrogen-bond acceptors (Lipinski definition) is 1. The van der Waals surface area contributed by atoms with Crippen molar-refractivity contribution in [1.29, 1.82) is 0 Å². The van der Waals surface area contributed by atoms with Crippen molar-refractivity contribution in [2.45, 2.75) is 0 Å². The number of carbonyl (C=O) groups excluding carboxylic acids is 1. The van der Waals surface area contributed by atoms with Crippen LogP contribution in [0.4, 0.5) is 0 Å². The van der Waals surface area contributed by atoms with Crippen LogP contribution in [-0.4, -0.2) is 10.4 Å². The zero-order valence-corrected chi connectivity index (χ0v) is 10.1. The quantitative estimate of drug-likeness (QED) is 0.625. The van der Waals surface area contributed by atoms with Crippen LogP contribution in [0.25, 0.3) is 10.9 Å². The fraction of sp³-hybridized carbons (Fsp3) is 0.0625. The van der Waals surface area contributed by atoms with E-state index in [4.69, 9.17) is 1.37 Å². The molecule has 2 aromatic carbocycles. The molecule has 1 heterocycles. The second-order valence-corrected chi connectivity index (χ2v) is 4.24. The van der Waals surface area contributed by atoms with E-state index in [0.717, 1.165) is 10.9 Å². The van der Waals surface area contributed by atoms with Gasteiger partial charge in [-0.2, -0.15) is 0 Å². The third-order valence-electron chi connectivity index (χ3n) is 3.10. The molecule has 0 saturated heterocycles. The van der Waals surface area contributed by atoms with Crippen LogP contribution in [0.2, 0.25) is 0 Å².